The highest BCUT2D eigenvalue weighted by atomic mass is 32.2. The normalized spacial score (nSPS) is 23.6. The van der Waals surface area contributed by atoms with Crippen LogP contribution >= 0.6 is 0 Å². The third-order valence-corrected chi connectivity index (χ3v) is 7.34. The highest BCUT2D eigenvalue weighted by Crippen LogP contribution is 2.46. The van der Waals surface area contributed by atoms with Crippen molar-refractivity contribution in [1.29, 1.82) is 0 Å². The van der Waals surface area contributed by atoms with Crippen LogP contribution in [0.2, 0.25) is 0 Å². The number of carbonyl (C=O) groups is 1. The van der Waals surface area contributed by atoms with Crippen LogP contribution in [0, 0.1) is 5.82 Å². The molecule has 4 rings (SSSR count). The zero-order valence-corrected chi connectivity index (χ0v) is 16.9. The fourth-order valence-electron chi connectivity index (χ4n) is 4.00. The summed E-state index contributed by atoms with van der Waals surface area (Å²) in [6, 6.07) is 8.99. The van der Waals surface area contributed by atoms with E-state index in [4.69, 9.17) is 4.74 Å². The molecule has 1 fully saturated rings. The first-order valence-electron chi connectivity index (χ1n) is 9.43. The molecule has 2 heterocycles. The Morgan fingerprint density at radius 2 is 1.90 bits per heavy atom. The second kappa shape index (κ2) is 6.81. The van der Waals surface area contributed by atoms with Crippen molar-refractivity contribution in [3.05, 3.63) is 53.8 Å². The van der Waals surface area contributed by atoms with Gasteiger partial charge in [0.25, 0.3) is 0 Å². The number of halogens is 1. The molecule has 0 unspecified atom stereocenters. The Kier molecular flexibility index (Phi) is 4.66. The average Bonchev–Trinajstić information content (AvgIpc) is 3.08. The largest absolute Gasteiger partial charge is 0.485 e. The summed E-state index contributed by atoms with van der Waals surface area (Å²) in [5, 5.41) is 10.9. The summed E-state index contributed by atoms with van der Waals surface area (Å²) in [6.45, 7) is 3.75. The predicted octanol–water partition coefficient (Wildman–Crippen LogP) is 2.85. The number of fused-ring (bicyclic) bond motifs is 1. The molecule has 2 aromatic rings. The lowest BCUT2D eigenvalue weighted by Gasteiger charge is -2.45. The van der Waals surface area contributed by atoms with Crippen molar-refractivity contribution in [2.75, 3.05) is 6.54 Å². The van der Waals surface area contributed by atoms with Crippen LogP contribution in [0.5, 0.6) is 5.75 Å². The van der Waals surface area contributed by atoms with Gasteiger partial charge in [-0.3, -0.25) is 4.79 Å². The van der Waals surface area contributed by atoms with E-state index in [0.29, 0.717) is 24.9 Å². The monoisotopic (exact) mass is 419 g/mol. The summed E-state index contributed by atoms with van der Waals surface area (Å²) in [7, 11) is -4.13. The van der Waals surface area contributed by atoms with E-state index in [2.05, 4.69) is 0 Å². The van der Waals surface area contributed by atoms with E-state index in [1.165, 1.54) is 23.1 Å². The van der Waals surface area contributed by atoms with Gasteiger partial charge in [-0.05, 0) is 38.5 Å². The van der Waals surface area contributed by atoms with Gasteiger partial charge < -0.3 is 14.7 Å². The van der Waals surface area contributed by atoms with E-state index < -0.39 is 38.3 Å². The number of hydrogen-bond acceptors (Lipinski definition) is 5. The van der Waals surface area contributed by atoms with Gasteiger partial charge >= 0.3 is 0 Å². The van der Waals surface area contributed by atoms with Crippen LogP contribution in [0.25, 0.3) is 0 Å². The first kappa shape index (κ1) is 19.8. The van der Waals surface area contributed by atoms with Crippen LogP contribution in [-0.4, -0.2) is 42.6 Å². The molecule has 2 aliphatic heterocycles. The van der Waals surface area contributed by atoms with Gasteiger partial charge in [0.15, 0.2) is 0 Å². The van der Waals surface area contributed by atoms with Crippen molar-refractivity contribution in [1.82, 2.24) is 4.90 Å². The van der Waals surface area contributed by atoms with E-state index in [0.717, 1.165) is 6.07 Å². The van der Waals surface area contributed by atoms with Crippen LogP contribution in [0.4, 0.5) is 4.39 Å². The molecule has 0 bridgehead atoms. The third kappa shape index (κ3) is 3.20. The molecular formula is C21H22FNO5S. The number of sulfone groups is 1. The minimum absolute atomic E-state index is 0.0368. The van der Waals surface area contributed by atoms with Gasteiger partial charge in [-0.15, -0.1) is 0 Å². The molecule has 8 heteroatoms. The molecule has 0 aromatic heterocycles. The number of nitrogens with zero attached hydrogens (tertiary/aromatic N) is 1. The highest BCUT2D eigenvalue weighted by Gasteiger charge is 2.48. The number of ether oxygens (including phenoxy) is 1. The van der Waals surface area contributed by atoms with Gasteiger partial charge in [0.2, 0.25) is 15.7 Å². The molecule has 29 heavy (non-hydrogen) atoms. The zero-order chi connectivity index (χ0) is 21.0. The molecule has 2 aliphatic rings. The zero-order valence-electron chi connectivity index (χ0n) is 16.1. The van der Waals surface area contributed by atoms with Crippen LogP contribution in [0.3, 0.4) is 0 Å². The van der Waals surface area contributed by atoms with Gasteiger partial charge in [0.1, 0.15) is 28.2 Å². The molecule has 1 amide bonds. The third-order valence-electron chi connectivity index (χ3n) is 5.56. The molecular weight excluding hydrogens is 397 g/mol. The summed E-state index contributed by atoms with van der Waals surface area (Å²) < 4.78 is 46.7. The molecule has 154 valence electrons. The number of aliphatic hydroxyl groups is 1. The number of carbonyl (C=O) groups excluding carboxylic acids is 1. The Balaban J connectivity index is 1.90. The maximum atomic E-state index is 14.9. The Morgan fingerprint density at radius 1 is 1.21 bits per heavy atom. The van der Waals surface area contributed by atoms with Crippen molar-refractivity contribution in [2.45, 2.75) is 54.2 Å². The van der Waals surface area contributed by atoms with E-state index >= 15 is 0 Å². The van der Waals surface area contributed by atoms with Gasteiger partial charge in [-0.2, -0.15) is 0 Å². The minimum Gasteiger partial charge on any atom is -0.485 e. The lowest BCUT2D eigenvalue weighted by Crippen LogP contribution is -2.53. The highest BCUT2D eigenvalue weighted by molar-refractivity contribution is 7.91. The van der Waals surface area contributed by atoms with Gasteiger partial charge in [-0.25, -0.2) is 12.8 Å². The van der Waals surface area contributed by atoms with Crippen molar-refractivity contribution < 1.29 is 27.4 Å². The second-order valence-electron chi connectivity index (χ2n) is 7.92. The van der Waals surface area contributed by atoms with Crippen LogP contribution < -0.4 is 4.74 Å². The smallest absolute Gasteiger partial charge is 0.223 e. The van der Waals surface area contributed by atoms with Crippen molar-refractivity contribution in [2.24, 2.45) is 0 Å². The maximum Gasteiger partial charge on any atom is 0.223 e. The number of hydrogen-bond donors (Lipinski definition) is 1. The summed E-state index contributed by atoms with van der Waals surface area (Å²) in [5.41, 5.74) is -0.782. The standard InChI is InChI=1S/C21H22FNO5S/c1-21(2)20(25)19(23-10-6-9-18(23)24)14-11-17(15(22)12-16(14)28-21)29(26,27)13-7-4-3-5-8-13/h3-5,7-8,11-12,19-20,25H,6,9-10H2,1-2H3/t19-,20+/m1/s1. The molecule has 1 N–H and O–H groups in total. The lowest BCUT2D eigenvalue weighted by atomic mass is 9.85. The Hall–Kier alpha value is -2.45. The minimum atomic E-state index is -4.13. The Labute approximate surface area is 168 Å². The van der Waals surface area contributed by atoms with E-state index in [1.54, 1.807) is 32.0 Å². The Bertz CT molecular complexity index is 1070. The van der Waals surface area contributed by atoms with E-state index in [-0.39, 0.29) is 16.6 Å². The van der Waals surface area contributed by atoms with Gasteiger partial charge in [0, 0.05) is 24.6 Å². The summed E-state index contributed by atoms with van der Waals surface area (Å²) >= 11 is 0. The van der Waals surface area contributed by atoms with E-state index in [1.807, 2.05) is 0 Å². The Morgan fingerprint density at radius 3 is 2.52 bits per heavy atom. The quantitative estimate of drug-likeness (QED) is 0.827. The number of benzene rings is 2. The first-order chi connectivity index (χ1) is 13.6. The fourth-order valence-corrected chi connectivity index (χ4v) is 5.37. The average molecular weight is 419 g/mol. The second-order valence-corrected chi connectivity index (χ2v) is 9.84. The van der Waals surface area contributed by atoms with E-state index in [9.17, 15) is 22.7 Å². The van der Waals surface area contributed by atoms with Crippen LogP contribution in [-0.2, 0) is 14.6 Å². The molecule has 0 saturated carbocycles. The number of aliphatic hydroxyl groups excluding tert-OH is 1. The number of likely N-dealkylation sites (tertiary alicyclic amines) is 1. The molecule has 2 aromatic carbocycles. The molecule has 6 nitrogen and oxygen atoms in total. The van der Waals surface area contributed by atoms with Gasteiger partial charge in [-0.1, -0.05) is 18.2 Å². The molecule has 2 atom stereocenters. The van der Waals surface area contributed by atoms with Gasteiger partial charge in [0.05, 0.1) is 10.9 Å². The molecule has 0 aliphatic carbocycles. The summed E-state index contributed by atoms with van der Waals surface area (Å²) in [6.07, 6.45) is -0.0968. The number of amides is 1. The lowest BCUT2D eigenvalue weighted by molar-refractivity contribution is -0.139. The molecule has 1 saturated heterocycles. The fraction of sp³-hybridized carbons (Fsp3) is 0.381. The molecule has 0 spiro atoms. The molecule has 0 radical (unpaired) electrons. The van der Waals surface area contributed by atoms with Crippen LogP contribution in [0.1, 0.15) is 38.3 Å². The SMILES string of the molecule is CC1(C)Oc2cc(F)c(S(=O)(=O)c3ccccc3)cc2[C@@H](N2CCCC2=O)[C@@H]1O. The van der Waals surface area contributed by atoms with Crippen molar-refractivity contribution >= 4 is 15.7 Å². The maximum absolute atomic E-state index is 14.9. The predicted molar refractivity (Wildman–Crippen MR) is 103 cm³/mol. The van der Waals surface area contributed by atoms with Crippen molar-refractivity contribution in [3.63, 3.8) is 0 Å². The first-order valence-corrected chi connectivity index (χ1v) is 10.9. The van der Waals surface area contributed by atoms with Crippen LogP contribution in [0.15, 0.2) is 52.3 Å². The number of rotatable bonds is 3. The summed E-state index contributed by atoms with van der Waals surface area (Å²) in [4.78, 5) is 13.4. The van der Waals surface area contributed by atoms with Crippen molar-refractivity contribution in [3.8, 4) is 5.75 Å². The summed E-state index contributed by atoms with van der Waals surface area (Å²) in [5.74, 6) is -0.935. The topological polar surface area (TPSA) is 83.9 Å².